The van der Waals surface area contributed by atoms with Gasteiger partial charge >= 0.3 is 11.9 Å². The number of pyridine rings is 1. The molecule has 2 aromatic heterocycles. The third-order valence-corrected chi connectivity index (χ3v) is 4.94. The van der Waals surface area contributed by atoms with Gasteiger partial charge in [-0.25, -0.2) is 0 Å². The SMILES string of the molecule is Cc1ccnc(C)c1CSc1nc2c(c(OCOC(=O)CC(=O)O)n1)CCO2. The van der Waals surface area contributed by atoms with E-state index in [1.807, 2.05) is 19.9 Å². The number of nitrogens with zero attached hydrogens (tertiary/aromatic N) is 3. The lowest BCUT2D eigenvalue weighted by Gasteiger charge is -2.11. The monoisotopic (exact) mass is 405 g/mol. The zero-order valence-electron chi connectivity index (χ0n) is 15.4. The standard InChI is InChI=1S/C18H19N3O6S/c1-10-3-5-19-11(2)13(10)8-28-18-20-16-12(4-6-25-16)17(21-18)27-9-26-15(24)7-14(22)23/h3,5H,4,6-9H2,1-2H3,(H,22,23). The summed E-state index contributed by atoms with van der Waals surface area (Å²) < 4.78 is 15.7. The molecule has 9 nitrogen and oxygen atoms in total. The molecule has 1 N–H and O–H groups in total. The van der Waals surface area contributed by atoms with Crippen LogP contribution in [0.15, 0.2) is 17.4 Å². The van der Waals surface area contributed by atoms with Gasteiger partial charge in [-0.1, -0.05) is 11.8 Å². The number of fused-ring (bicyclic) bond motifs is 1. The van der Waals surface area contributed by atoms with Gasteiger partial charge in [-0.05, 0) is 31.0 Å². The summed E-state index contributed by atoms with van der Waals surface area (Å²) in [6.07, 6.45) is 1.63. The topological polar surface area (TPSA) is 121 Å². The van der Waals surface area contributed by atoms with E-state index >= 15 is 0 Å². The lowest BCUT2D eigenvalue weighted by Crippen LogP contribution is -2.15. The molecule has 0 aromatic carbocycles. The van der Waals surface area contributed by atoms with Crippen LogP contribution < -0.4 is 9.47 Å². The number of carboxylic acids is 1. The van der Waals surface area contributed by atoms with Crippen LogP contribution in [0.25, 0.3) is 0 Å². The van der Waals surface area contributed by atoms with Crippen molar-refractivity contribution in [2.75, 3.05) is 13.4 Å². The van der Waals surface area contributed by atoms with E-state index in [4.69, 9.17) is 19.3 Å². The van der Waals surface area contributed by atoms with Crippen LogP contribution in [0.2, 0.25) is 0 Å². The Morgan fingerprint density at radius 1 is 1.32 bits per heavy atom. The summed E-state index contributed by atoms with van der Waals surface area (Å²) in [7, 11) is 0. The van der Waals surface area contributed by atoms with E-state index < -0.39 is 25.2 Å². The second-order valence-corrected chi connectivity index (χ2v) is 6.97. The Hall–Kier alpha value is -2.88. The molecule has 0 aliphatic carbocycles. The Balaban J connectivity index is 1.69. The molecule has 0 bridgehead atoms. The van der Waals surface area contributed by atoms with E-state index in [0.717, 1.165) is 16.8 Å². The molecule has 10 heteroatoms. The quantitative estimate of drug-likeness (QED) is 0.230. The molecule has 3 rings (SSSR count). The summed E-state index contributed by atoms with van der Waals surface area (Å²) in [5, 5.41) is 9.04. The van der Waals surface area contributed by atoms with Gasteiger partial charge < -0.3 is 19.3 Å². The van der Waals surface area contributed by atoms with Crippen molar-refractivity contribution in [1.82, 2.24) is 15.0 Å². The fourth-order valence-corrected chi connectivity index (χ4v) is 3.60. The van der Waals surface area contributed by atoms with Crippen LogP contribution in [0.5, 0.6) is 11.8 Å². The molecule has 2 aromatic rings. The number of aromatic nitrogens is 3. The van der Waals surface area contributed by atoms with Gasteiger partial charge in [-0.15, -0.1) is 0 Å². The summed E-state index contributed by atoms with van der Waals surface area (Å²) in [4.78, 5) is 34.9. The zero-order chi connectivity index (χ0) is 20.1. The van der Waals surface area contributed by atoms with Crippen molar-refractivity contribution in [2.24, 2.45) is 0 Å². The van der Waals surface area contributed by atoms with Crippen molar-refractivity contribution < 1.29 is 28.9 Å². The third kappa shape index (κ3) is 4.89. The van der Waals surface area contributed by atoms with Crippen molar-refractivity contribution in [2.45, 2.75) is 37.6 Å². The second kappa shape index (κ2) is 8.87. The number of rotatable bonds is 8. The highest BCUT2D eigenvalue weighted by Crippen LogP contribution is 2.34. The molecular weight excluding hydrogens is 386 g/mol. The number of carbonyl (C=O) groups is 2. The maximum atomic E-state index is 11.3. The molecule has 0 amide bonds. The minimum Gasteiger partial charge on any atom is -0.481 e. The van der Waals surface area contributed by atoms with E-state index in [2.05, 4.69) is 15.0 Å². The molecule has 0 fully saturated rings. The molecule has 0 radical (unpaired) electrons. The van der Waals surface area contributed by atoms with Gasteiger partial charge in [0.2, 0.25) is 18.6 Å². The Bertz CT molecular complexity index is 885. The number of thioether (sulfide) groups is 1. The van der Waals surface area contributed by atoms with Crippen LogP contribution in [0.4, 0.5) is 0 Å². The van der Waals surface area contributed by atoms with E-state index in [0.29, 0.717) is 35.4 Å². The van der Waals surface area contributed by atoms with E-state index in [1.54, 1.807) is 6.20 Å². The second-order valence-electron chi connectivity index (χ2n) is 6.02. The van der Waals surface area contributed by atoms with Gasteiger partial charge in [0, 0.05) is 24.1 Å². The molecular formula is C18H19N3O6S. The van der Waals surface area contributed by atoms with Crippen LogP contribution in [0.3, 0.4) is 0 Å². The molecule has 148 valence electrons. The smallest absolute Gasteiger partial charge is 0.320 e. The number of hydrogen-bond donors (Lipinski definition) is 1. The maximum Gasteiger partial charge on any atom is 0.320 e. The first kappa shape index (κ1) is 19.9. The van der Waals surface area contributed by atoms with Gasteiger partial charge in [-0.3, -0.25) is 14.6 Å². The van der Waals surface area contributed by atoms with Crippen molar-refractivity contribution >= 4 is 23.7 Å². The Kier molecular flexibility index (Phi) is 6.30. The molecule has 0 saturated heterocycles. The van der Waals surface area contributed by atoms with Gasteiger partial charge in [0.05, 0.1) is 12.2 Å². The molecule has 28 heavy (non-hydrogen) atoms. The molecule has 0 spiro atoms. The lowest BCUT2D eigenvalue weighted by atomic mass is 10.1. The highest BCUT2D eigenvalue weighted by Gasteiger charge is 2.23. The van der Waals surface area contributed by atoms with E-state index in [-0.39, 0.29) is 5.88 Å². The summed E-state index contributed by atoms with van der Waals surface area (Å²) in [5.74, 6) is -0.790. The van der Waals surface area contributed by atoms with Crippen molar-refractivity contribution in [1.29, 1.82) is 0 Å². The molecule has 0 atom stereocenters. The Labute approximate surface area is 165 Å². The molecule has 1 aliphatic heterocycles. The number of esters is 1. The first-order valence-corrected chi connectivity index (χ1v) is 9.50. The van der Waals surface area contributed by atoms with E-state index in [1.165, 1.54) is 11.8 Å². The minimum atomic E-state index is -1.26. The van der Waals surface area contributed by atoms with Gasteiger partial charge in [0.25, 0.3) is 0 Å². The number of hydrogen-bond acceptors (Lipinski definition) is 9. The van der Waals surface area contributed by atoms with Gasteiger partial charge in [0.1, 0.15) is 6.42 Å². The highest BCUT2D eigenvalue weighted by molar-refractivity contribution is 7.98. The number of carboxylic acid groups (broad SMARTS) is 1. The van der Waals surface area contributed by atoms with Gasteiger partial charge in [-0.2, -0.15) is 9.97 Å². The fraction of sp³-hybridized carbons (Fsp3) is 0.389. The molecule has 1 aliphatic rings. The first-order valence-electron chi connectivity index (χ1n) is 8.52. The van der Waals surface area contributed by atoms with Crippen LogP contribution in [-0.2, 0) is 26.5 Å². The summed E-state index contributed by atoms with van der Waals surface area (Å²) >= 11 is 1.42. The predicted molar refractivity (Wildman–Crippen MR) is 98.3 cm³/mol. The number of carbonyl (C=O) groups excluding carboxylic acids is 1. The normalized spacial score (nSPS) is 12.2. The highest BCUT2D eigenvalue weighted by atomic mass is 32.2. The fourth-order valence-electron chi connectivity index (χ4n) is 2.60. The Morgan fingerprint density at radius 2 is 2.14 bits per heavy atom. The number of ether oxygens (including phenoxy) is 3. The molecule has 3 heterocycles. The average Bonchev–Trinajstić information content (AvgIpc) is 3.09. The van der Waals surface area contributed by atoms with Crippen LogP contribution in [-0.4, -0.2) is 45.4 Å². The average molecular weight is 405 g/mol. The van der Waals surface area contributed by atoms with Crippen molar-refractivity contribution in [3.05, 3.63) is 34.6 Å². The van der Waals surface area contributed by atoms with Crippen molar-refractivity contribution in [3.63, 3.8) is 0 Å². The van der Waals surface area contributed by atoms with Crippen LogP contribution in [0.1, 0.15) is 28.8 Å². The molecule has 0 unspecified atom stereocenters. The predicted octanol–water partition coefficient (Wildman–Crippen LogP) is 2.07. The molecule has 0 saturated carbocycles. The Morgan fingerprint density at radius 3 is 2.89 bits per heavy atom. The summed E-state index contributed by atoms with van der Waals surface area (Å²) in [5.41, 5.74) is 3.90. The largest absolute Gasteiger partial charge is 0.481 e. The summed E-state index contributed by atoms with van der Waals surface area (Å²) in [6, 6.07) is 1.95. The number of aryl methyl sites for hydroxylation is 2. The zero-order valence-corrected chi connectivity index (χ0v) is 16.2. The first-order chi connectivity index (χ1) is 13.4. The van der Waals surface area contributed by atoms with E-state index in [9.17, 15) is 9.59 Å². The van der Waals surface area contributed by atoms with Crippen LogP contribution in [0, 0.1) is 13.8 Å². The minimum absolute atomic E-state index is 0.271. The third-order valence-electron chi connectivity index (χ3n) is 4.06. The number of aliphatic carboxylic acids is 1. The lowest BCUT2D eigenvalue weighted by molar-refractivity contribution is -0.156. The summed E-state index contributed by atoms with van der Waals surface area (Å²) in [6.45, 7) is 4.02. The van der Waals surface area contributed by atoms with Crippen molar-refractivity contribution in [3.8, 4) is 11.8 Å². The maximum absolute atomic E-state index is 11.3. The van der Waals surface area contributed by atoms with Gasteiger partial charge in [0.15, 0.2) is 5.16 Å². The van der Waals surface area contributed by atoms with Crippen LogP contribution >= 0.6 is 11.8 Å².